The second-order valence-electron chi connectivity index (χ2n) is 5.36. The molecule has 0 N–H and O–H groups in total. The van der Waals surface area contributed by atoms with Crippen LogP contribution in [0.4, 0.5) is 0 Å². The Labute approximate surface area is 115 Å². The lowest BCUT2D eigenvalue weighted by Gasteiger charge is -2.11. The van der Waals surface area contributed by atoms with E-state index < -0.39 is 0 Å². The van der Waals surface area contributed by atoms with Crippen LogP contribution in [0, 0.1) is 5.92 Å². The summed E-state index contributed by atoms with van der Waals surface area (Å²) in [5.74, 6) is 0.334. The van der Waals surface area contributed by atoms with E-state index in [4.69, 9.17) is 0 Å². The highest BCUT2D eigenvalue weighted by atomic mass is 16.2. The minimum absolute atomic E-state index is 0.0233. The first kappa shape index (κ1) is 11.5. The van der Waals surface area contributed by atoms with Crippen molar-refractivity contribution in [1.82, 2.24) is 13.9 Å². The van der Waals surface area contributed by atoms with E-state index in [1.54, 1.807) is 21.5 Å². The molecule has 1 aliphatic carbocycles. The van der Waals surface area contributed by atoms with E-state index in [9.17, 15) is 9.59 Å². The predicted molar refractivity (Wildman–Crippen MR) is 75.3 cm³/mol. The molecule has 2 aromatic rings. The minimum atomic E-state index is -0.239. The molecular weight excluding hydrogens is 254 g/mol. The molecule has 0 spiro atoms. The van der Waals surface area contributed by atoms with Gasteiger partial charge in [-0.15, -0.1) is 0 Å². The predicted octanol–water partition coefficient (Wildman–Crippen LogP) is 1.49. The summed E-state index contributed by atoms with van der Waals surface area (Å²) in [6, 6.07) is 9.14. The molecular formula is C15H15N3O2. The van der Waals surface area contributed by atoms with Crippen molar-refractivity contribution in [2.75, 3.05) is 0 Å². The van der Waals surface area contributed by atoms with Crippen LogP contribution in [0.15, 0.2) is 52.1 Å². The molecule has 5 heteroatoms. The number of rotatable bonds is 2. The van der Waals surface area contributed by atoms with Gasteiger partial charge in [-0.25, -0.2) is 23.5 Å². The molecule has 0 radical (unpaired) electrons. The summed E-state index contributed by atoms with van der Waals surface area (Å²) in [6.45, 7) is 2.10. The van der Waals surface area contributed by atoms with Crippen molar-refractivity contribution in [2.24, 2.45) is 5.92 Å². The van der Waals surface area contributed by atoms with Crippen LogP contribution < -0.4 is 11.4 Å². The van der Waals surface area contributed by atoms with Crippen LogP contribution in [0.25, 0.3) is 5.69 Å². The molecule has 1 aliphatic heterocycles. The molecule has 2 bridgehead atoms. The molecule has 1 aromatic heterocycles. The number of hydrogen-bond donors (Lipinski definition) is 0. The van der Waals surface area contributed by atoms with Gasteiger partial charge < -0.3 is 0 Å². The lowest BCUT2D eigenvalue weighted by Crippen LogP contribution is -2.30. The largest absolute Gasteiger partial charge is 0.352 e. The van der Waals surface area contributed by atoms with Gasteiger partial charge in [-0.2, -0.15) is 0 Å². The average Bonchev–Trinajstić information content (AvgIpc) is 3.09. The van der Waals surface area contributed by atoms with Gasteiger partial charge in [0.15, 0.2) is 0 Å². The molecule has 20 heavy (non-hydrogen) atoms. The molecule has 1 aromatic carbocycles. The SMILES string of the molecule is CCC1[C@H]2C=C[C@@H]1n1c(=O)n(-c3ccccc3)c(=O)n12. The number of aromatic nitrogens is 3. The van der Waals surface area contributed by atoms with E-state index in [1.807, 2.05) is 18.2 Å². The van der Waals surface area contributed by atoms with Gasteiger partial charge in [-0.1, -0.05) is 37.3 Å². The summed E-state index contributed by atoms with van der Waals surface area (Å²) in [6.07, 6.45) is 5.06. The highest BCUT2D eigenvalue weighted by Crippen LogP contribution is 2.43. The average molecular weight is 269 g/mol. The molecule has 2 aliphatic rings. The third kappa shape index (κ3) is 1.22. The van der Waals surface area contributed by atoms with Gasteiger partial charge in [-0.3, -0.25) is 0 Å². The van der Waals surface area contributed by atoms with Crippen molar-refractivity contribution in [3.05, 3.63) is 63.5 Å². The molecule has 0 saturated carbocycles. The van der Waals surface area contributed by atoms with Crippen LogP contribution in [0.1, 0.15) is 25.4 Å². The number of nitrogens with zero attached hydrogens (tertiary/aromatic N) is 3. The Balaban J connectivity index is 1.98. The third-order valence-corrected chi connectivity index (χ3v) is 4.44. The summed E-state index contributed by atoms with van der Waals surface area (Å²) in [4.78, 5) is 25.2. The first-order valence-corrected chi connectivity index (χ1v) is 6.94. The summed E-state index contributed by atoms with van der Waals surface area (Å²) >= 11 is 0. The highest BCUT2D eigenvalue weighted by Gasteiger charge is 2.44. The molecule has 3 atom stereocenters. The lowest BCUT2D eigenvalue weighted by molar-refractivity contribution is 0.422. The van der Waals surface area contributed by atoms with Crippen molar-refractivity contribution < 1.29 is 0 Å². The van der Waals surface area contributed by atoms with Crippen LogP contribution in [0.5, 0.6) is 0 Å². The normalized spacial score (nSPS) is 26.1. The fourth-order valence-electron chi connectivity index (χ4n) is 3.54. The summed E-state index contributed by atoms with van der Waals surface area (Å²) in [5.41, 5.74) is 0.150. The van der Waals surface area contributed by atoms with E-state index in [-0.39, 0.29) is 23.5 Å². The molecule has 1 unspecified atom stereocenters. The Morgan fingerprint density at radius 1 is 0.950 bits per heavy atom. The maximum atomic E-state index is 12.6. The van der Waals surface area contributed by atoms with Crippen LogP contribution in [0.3, 0.4) is 0 Å². The van der Waals surface area contributed by atoms with Gasteiger partial charge in [0.1, 0.15) is 0 Å². The number of benzene rings is 1. The first-order valence-electron chi connectivity index (χ1n) is 6.94. The molecule has 0 amide bonds. The fourth-order valence-corrected chi connectivity index (χ4v) is 3.54. The number of hydrogen-bond acceptors (Lipinski definition) is 2. The Morgan fingerprint density at radius 3 is 2.00 bits per heavy atom. The molecule has 102 valence electrons. The second-order valence-corrected chi connectivity index (χ2v) is 5.36. The van der Waals surface area contributed by atoms with E-state index in [0.29, 0.717) is 11.6 Å². The maximum absolute atomic E-state index is 12.6. The van der Waals surface area contributed by atoms with Crippen LogP contribution >= 0.6 is 0 Å². The first-order chi connectivity index (χ1) is 9.74. The van der Waals surface area contributed by atoms with Gasteiger partial charge in [0.2, 0.25) is 0 Å². The zero-order valence-electron chi connectivity index (χ0n) is 11.1. The zero-order chi connectivity index (χ0) is 13.9. The molecule has 2 heterocycles. The monoisotopic (exact) mass is 269 g/mol. The number of allylic oxidation sites excluding steroid dienone is 2. The van der Waals surface area contributed by atoms with Gasteiger partial charge in [0, 0.05) is 5.92 Å². The van der Waals surface area contributed by atoms with Crippen LogP contribution in [-0.4, -0.2) is 13.9 Å². The van der Waals surface area contributed by atoms with Gasteiger partial charge in [-0.05, 0) is 18.6 Å². The second kappa shape index (κ2) is 3.85. The molecule has 0 saturated heterocycles. The molecule has 5 nitrogen and oxygen atoms in total. The van der Waals surface area contributed by atoms with E-state index in [2.05, 4.69) is 19.1 Å². The number of para-hydroxylation sites is 1. The van der Waals surface area contributed by atoms with Gasteiger partial charge in [0.05, 0.1) is 17.8 Å². The van der Waals surface area contributed by atoms with Crippen molar-refractivity contribution in [3.63, 3.8) is 0 Å². The maximum Gasteiger partial charge on any atom is 0.352 e. The van der Waals surface area contributed by atoms with E-state index in [1.165, 1.54) is 4.57 Å². The topological polar surface area (TPSA) is 48.9 Å². The molecule has 4 rings (SSSR count). The Morgan fingerprint density at radius 2 is 1.50 bits per heavy atom. The number of fused-ring (bicyclic) bond motifs is 5. The van der Waals surface area contributed by atoms with Crippen molar-refractivity contribution in [1.29, 1.82) is 0 Å². The highest BCUT2D eigenvalue weighted by molar-refractivity contribution is 5.31. The van der Waals surface area contributed by atoms with Crippen LogP contribution in [0.2, 0.25) is 0 Å². The quantitative estimate of drug-likeness (QED) is 0.776. The molecule has 0 fully saturated rings. The Kier molecular flexibility index (Phi) is 2.22. The Bertz CT molecular complexity index is 764. The minimum Gasteiger partial charge on any atom is -0.245 e. The van der Waals surface area contributed by atoms with Crippen LogP contribution in [-0.2, 0) is 0 Å². The van der Waals surface area contributed by atoms with Gasteiger partial charge in [0.25, 0.3) is 0 Å². The van der Waals surface area contributed by atoms with Gasteiger partial charge >= 0.3 is 11.4 Å². The summed E-state index contributed by atoms with van der Waals surface area (Å²) in [5, 5.41) is 0. The zero-order valence-corrected chi connectivity index (χ0v) is 11.1. The fraction of sp³-hybridized carbons (Fsp3) is 0.333. The van der Waals surface area contributed by atoms with Crippen molar-refractivity contribution in [2.45, 2.75) is 25.4 Å². The third-order valence-electron chi connectivity index (χ3n) is 4.44. The Hall–Kier alpha value is -2.30. The van der Waals surface area contributed by atoms with E-state index in [0.717, 1.165) is 6.42 Å². The smallest absolute Gasteiger partial charge is 0.245 e. The summed E-state index contributed by atoms with van der Waals surface area (Å²) < 4.78 is 4.50. The lowest BCUT2D eigenvalue weighted by atomic mass is 9.98. The summed E-state index contributed by atoms with van der Waals surface area (Å²) in [7, 11) is 0. The van der Waals surface area contributed by atoms with E-state index >= 15 is 0 Å². The van der Waals surface area contributed by atoms with Crippen molar-refractivity contribution >= 4 is 0 Å². The van der Waals surface area contributed by atoms with Crippen molar-refractivity contribution in [3.8, 4) is 5.69 Å². The standard InChI is InChI=1S/C15H15N3O2/c1-2-11-12-8-9-13(11)18-15(20)16(14(19)17(12)18)10-6-4-3-5-7-10/h3-9,11-13H,2H2,1H3/t11?,12-,13+.